The minimum Gasteiger partial charge on any atom is -0.487 e. The van der Waals surface area contributed by atoms with Gasteiger partial charge in [0.1, 0.15) is 11.4 Å². The van der Waals surface area contributed by atoms with Crippen LogP contribution in [0, 0.1) is 0 Å². The monoisotopic (exact) mass is 478 g/mol. The molecule has 2 fully saturated rings. The molecule has 4 atom stereocenters. The van der Waals surface area contributed by atoms with Gasteiger partial charge in [0.05, 0.1) is 18.2 Å². The summed E-state index contributed by atoms with van der Waals surface area (Å²) in [6.45, 7) is 2.76. The lowest BCUT2D eigenvalue weighted by Crippen LogP contribution is -2.52. The van der Waals surface area contributed by atoms with E-state index in [0.29, 0.717) is 19.1 Å². The lowest BCUT2D eigenvalue weighted by molar-refractivity contribution is -0.120. The number of hydrogen-bond acceptors (Lipinski definition) is 5. The van der Waals surface area contributed by atoms with E-state index in [0.717, 1.165) is 56.4 Å². The Morgan fingerprint density at radius 3 is 2.66 bits per heavy atom. The first-order valence-corrected chi connectivity index (χ1v) is 13.2. The molecule has 0 radical (unpaired) electrons. The molecule has 2 aromatic rings. The van der Waals surface area contributed by atoms with E-state index in [1.807, 2.05) is 30.3 Å². The molecule has 1 aliphatic carbocycles. The number of rotatable bonds is 9. The zero-order chi connectivity index (χ0) is 24.3. The van der Waals surface area contributed by atoms with Crippen molar-refractivity contribution in [2.24, 2.45) is 0 Å². The molecule has 1 spiro atoms. The number of carbonyl (C=O) groups excluding carboxylic acids is 1. The zero-order valence-corrected chi connectivity index (χ0v) is 20.7. The van der Waals surface area contributed by atoms with Gasteiger partial charge in [-0.05, 0) is 62.1 Å². The average Bonchev–Trinajstić information content (AvgIpc) is 3.34. The molecular weight excluding hydrogens is 440 g/mol. The number of nitrogens with one attached hydrogen (secondary N) is 2. The number of amides is 1. The van der Waals surface area contributed by atoms with Gasteiger partial charge in [-0.25, -0.2) is 0 Å². The maximum atomic E-state index is 11.9. The third kappa shape index (κ3) is 5.88. The largest absolute Gasteiger partial charge is 0.487 e. The van der Waals surface area contributed by atoms with Gasteiger partial charge in [0.15, 0.2) is 0 Å². The van der Waals surface area contributed by atoms with Gasteiger partial charge in [0.25, 0.3) is 0 Å². The van der Waals surface area contributed by atoms with E-state index in [1.54, 1.807) is 0 Å². The molecule has 2 aromatic carbocycles. The SMILES string of the molecule is CC(=O)N[C@@H](Cc1ccccc1)[C@H](O)CN[C@H]1CC2(CCC2)Oc2ccc(C[C@@H]3CCCO3)cc21. The normalized spacial score (nSPS) is 24.2. The Kier molecular flexibility index (Phi) is 7.42. The lowest BCUT2D eigenvalue weighted by atomic mass is 9.72. The number of ether oxygens (including phenoxy) is 2. The molecule has 3 aliphatic rings. The second kappa shape index (κ2) is 10.7. The van der Waals surface area contributed by atoms with Crippen molar-refractivity contribution in [1.82, 2.24) is 10.6 Å². The molecule has 1 amide bonds. The molecule has 2 heterocycles. The van der Waals surface area contributed by atoms with Crippen molar-refractivity contribution in [2.45, 2.75) is 88.2 Å². The van der Waals surface area contributed by atoms with Crippen LogP contribution in [0.25, 0.3) is 0 Å². The smallest absolute Gasteiger partial charge is 0.217 e. The van der Waals surface area contributed by atoms with Crippen molar-refractivity contribution in [2.75, 3.05) is 13.2 Å². The maximum Gasteiger partial charge on any atom is 0.217 e. The van der Waals surface area contributed by atoms with Gasteiger partial charge in [0.2, 0.25) is 5.91 Å². The van der Waals surface area contributed by atoms with Gasteiger partial charge in [0, 0.05) is 38.1 Å². The molecule has 5 rings (SSSR count). The lowest BCUT2D eigenvalue weighted by Gasteiger charge is -2.48. The molecule has 6 nitrogen and oxygen atoms in total. The van der Waals surface area contributed by atoms with Crippen molar-refractivity contribution in [3.63, 3.8) is 0 Å². The van der Waals surface area contributed by atoms with E-state index in [-0.39, 0.29) is 23.6 Å². The third-order valence-corrected chi connectivity index (χ3v) is 7.83. The molecule has 0 aromatic heterocycles. The fourth-order valence-corrected chi connectivity index (χ4v) is 5.79. The number of carbonyl (C=O) groups is 1. The summed E-state index contributed by atoms with van der Waals surface area (Å²) in [7, 11) is 0. The van der Waals surface area contributed by atoms with Crippen LogP contribution in [0.1, 0.15) is 68.2 Å². The summed E-state index contributed by atoms with van der Waals surface area (Å²) in [5.74, 6) is 0.829. The van der Waals surface area contributed by atoms with Crippen molar-refractivity contribution in [3.05, 3.63) is 65.2 Å². The average molecular weight is 479 g/mol. The van der Waals surface area contributed by atoms with E-state index in [2.05, 4.69) is 28.8 Å². The zero-order valence-electron chi connectivity index (χ0n) is 20.7. The predicted molar refractivity (Wildman–Crippen MR) is 135 cm³/mol. The van der Waals surface area contributed by atoms with Crippen molar-refractivity contribution < 1.29 is 19.4 Å². The Morgan fingerprint density at radius 2 is 1.97 bits per heavy atom. The highest BCUT2D eigenvalue weighted by Crippen LogP contribution is 2.49. The number of hydrogen-bond donors (Lipinski definition) is 3. The van der Waals surface area contributed by atoms with Crippen LogP contribution in [0.15, 0.2) is 48.5 Å². The molecule has 2 aliphatic heterocycles. The highest BCUT2D eigenvalue weighted by Gasteiger charge is 2.45. The summed E-state index contributed by atoms with van der Waals surface area (Å²) < 4.78 is 12.4. The molecule has 35 heavy (non-hydrogen) atoms. The van der Waals surface area contributed by atoms with Crippen LogP contribution in [0.3, 0.4) is 0 Å². The van der Waals surface area contributed by atoms with Crippen molar-refractivity contribution >= 4 is 5.91 Å². The first-order valence-electron chi connectivity index (χ1n) is 13.2. The van der Waals surface area contributed by atoms with Crippen LogP contribution in [-0.2, 0) is 22.4 Å². The number of fused-ring (bicyclic) bond motifs is 1. The minimum absolute atomic E-state index is 0.0905. The van der Waals surface area contributed by atoms with Crippen LogP contribution in [0.2, 0.25) is 0 Å². The fourth-order valence-electron chi connectivity index (χ4n) is 5.79. The second-order valence-corrected chi connectivity index (χ2v) is 10.6. The number of aliphatic hydroxyl groups is 1. The Bertz CT molecular complexity index is 1000. The standard InChI is InChI=1S/C29H38N2O4/c1-20(32)31-25(17-21-7-3-2-4-8-21)27(33)19-30-26-18-29(12-6-13-29)35-28-11-10-22(16-24(26)28)15-23-9-5-14-34-23/h2-4,7-8,10-11,16,23,25-27,30,33H,5-6,9,12-15,17-19H2,1H3,(H,31,32)/t23-,25-,26-,27+/m0/s1. The number of aliphatic hydroxyl groups excluding tert-OH is 1. The van der Waals surface area contributed by atoms with Gasteiger partial charge < -0.3 is 25.2 Å². The van der Waals surface area contributed by atoms with Gasteiger partial charge >= 0.3 is 0 Å². The summed E-state index contributed by atoms with van der Waals surface area (Å²) in [4.78, 5) is 11.9. The van der Waals surface area contributed by atoms with Crippen LogP contribution in [0.4, 0.5) is 0 Å². The fraction of sp³-hybridized carbons (Fsp3) is 0.552. The summed E-state index contributed by atoms with van der Waals surface area (Å²) in [5, 5.41) is 17.7. The Labute approximate surface area is 208 Å². The second-order valence-electron chi connectivity index (χ2n) is 10.6. The molecule has 0 unspecified atom stereocenters. The van der Waals surface area contributed by atoms with E-state index >= 15 is 0 Å². The topological polar surface area (TPSA) is 79.8 Å². The number of benzene rings is 2. The van der Waals surface area contributed by atoms with Gasteiger partial charge in [-0.2, -0.15) is 0 Å². The van der Waals surface area contributed by atoms with Gasteiger partial charge in [-0.3, -0.25) is 4.79 Å². The van der Waals surface area contributed by atoms with Crippen LogP contribution in [0.5, 0.6) is 5.75 Å². The summed E-state index contributed by atoms with van der Waals surface area (Å²) in [5.41, 5.74) is 3.45. The molecule has 1 saturated heterocycles. The molecule has 1 saturated carbocycles. The van der Waals surface area contributed by atoms with E-state index < -0.39 is 6.10 Å². The van der Waals surface area contributed by atoms with E-state index in [4.69, 9.17) is 9.47 Å². The van der Waals surface area contributed by atoms with Crippen LogP contribution in [-0.4, -0.2) is 48.0 Å². The first-order chi connectivity index (χ1) is 17.0. The molecule has 6 heteroatoms. The molecule has 188 valence electrons. The Morgan fingerprint density at radius 1 is 1.14 bits per heavy atom. The summed E-state index contributed by atoms with van der Waals surface area (Å²) in [6, 6.07) is 16.3. The first kappa shape index (κ1) is 24.3. The highest BCUT2D eigenvalue weighted by molar-refractivity contribution is 5.73. The Balaban J connectivity index is 1.30. The third-order valence-electron chi connectivity index (χ3n) is 7.83. The quantitative estimate of drug-likeness (QED) is 0.510. The maximum absolute atomic E-state index is 11.9. The van der Waals surface area contributed by atoms with Gasteiger partial charge in [-0.1, -0.05) is 42.5 Å². The van der Waals surface area contributed by atoms with E-state index in [9.17, 15) is 9.90 Å². The minimum atomic E-state index is -0.710. The highest BCUT2D eigenvalue weighted by atomic mass is 16.5. The summed E-state index contributed by atoms with van der Waals surface area (Å²) >= 11 is 0. The molecule has 0 bridgehead atoms. The van der Waals surface area contributed by atoms with Crippen molar-refractivity contribution in [1.29, 1.82) is 0 Å². The Hall–Kier alpha value is -2.41. The van der Waals surface area contributed by atoms with E-state index in [1.165, 1.54) is 24.5 Å². The van der Waals surface area contributed by atoms with Crippen LogP contribution >= 0.6 is 0 Å². The molecular formula is C29H38N2O4. The predicted octanol–water partition coefficient (Wildman–Crippen LogP) is 3.85. The molecule has 3 N–H and O–H groups in total. The van der Waals surface area contributed by atoms with Crippen molar-refractivity contribution in [3.8, 4) is 5.75 Å². The van der Waals surface area contributed by atoms with Gasteiger partial charge in [-0.15, -0.1) is 0 Å². The van der Waals surface area contributed by atoms with Crippen LogP contribution < -0.4 is 15.4 Å². The summed E-state index contributed by atoms with van der Waals surface area (Å²) in [6.07, 6.45) is 7.62.